The molecular weight excluding hydrogens is 330 g/mol. The maximum atomic E-state index is 6.22. The molecule has 1 saturated carbocycles. The van der Waals surface area contributed by atoms with Crippen molar-refractivity contribution in [3.63, 3.8) is 0 Å². The SMILES string of the molecule is CC(C)c1c2c(cc(Br)c1C1(CN)CCCC1)OCCO2. The molecule has 1 aromatic rings. The van der Waals surface area contributed by atoms with Crippen LogP contribution in [0.3, 0.4) is 0 Å². The Morgan fingerprint density at radius 1 is 1.24 bits per heavy atom. The third-order valence-corrected chi connectivity index (χ3v) is 5.51. The van der Waals surface area contributed by atoms with Crippen molar-refractivity contribution in [2.45, 2.75) is 50.9 Å². The van der Waals surface area contributed by atoms with Crippen molar-refractivity contribution in [1.29, 1.82) is 0 Å². The zero-order valence-corrected chi connectivity index (χ0v) is 14.5. The molecule has 0 spiro atoms. The fourth-order valence-electron chi connectivity index (χ4n) is 3.88. The van der Waals surface area contributed by atoms with Gasteiger partial charge in [-0.1, -0.05) is 42.6 Å². The van der Waals surface area contributed by atoms with E-state index in [-0.39, 0.29) is 5.41 Å². The highest BCUT2D eigenvalue weighted by Crippen LogP contribution is 2.52. The van der Waals surface area contributed by atoms with E-state index in [9.17, 15) is 0 Å². The average Bonchev–Trinajstić information content (AvgIpc) is 2.95. The Labute approximate surface area is 135 Å². The molecule has 2 N–H and O–H groups in total. The highest BCUT2D eigenvalue weighted by atomic mass is 79.9. The highest BCUT2D eigenvalue weighted by Gasteiger charge is 2.40. The summed E-state index contributed by atoms with van der Waals surface area (Å²) in [5, 5.41) is 0. The molecule has 1 aliphatic heterocycles. The number of hydrogen-bond acceptors (Lipinski definition) is 3. The van der Waals surface area contributed by atoms with Gasteiger partial charge in [-0.25, -0.2) is 0 Å². The lowest BCUT2D eigenvalue weighted by molar-refractivity contribution is 0.168. The van der Waals surface area contributed by atoms with Gasteiger partial charge in [-0.3, -0.25) is 0 Å². The molecule has 0 unspecified atom stereocenters. The van der Waals surface area contributed by atoms with Gasteiger partial charge >= 0.3 is 0 Å². The summed E-state index contributed by atoms with van der Waals surface area (Å²) in [6.45, 7) is 6.40. The Morgan fingerprint density at radius 2 is 1.90 bits per heavy atom. The van der Waals surface area contributed by atoms with E-state index >= 15 is 0 Å². The van der Waals surface area contributed by atoms with E-state index < -0.39 is 0 Å². The molecule has 0 amide bonds. The van der Waals surface area contributed by atoms with Gasteiger partial charge in [0.05, 0.1) is 0 Å². The predicted molar refractivity (Wildman–Crippen MR) is 88.4 cm³/mol. The Bertz CT molecular complexity index is 536. The Kier molecular flexibility index (Phi) is 4.19. The normalized spacial score (nSPS) is 20.0. The van der Waals surface area contributed by atoms with Crippen LogP contribution in [-0.2, 0) is 5.41 Å². The van der Waals surface area contributed by atoms with Crippen molar-refractivity contribution >= 4 is 15.9 Å². The first-order valence-electron chi connectivity index (χ1n) is 7.91. The summed E-state index contributed by atoms with van der Waals surface area (Å²) in [6.07, 6.45) is 4.86. The summed E-state index contributed by atoms with van der Waals surface area (Å²) in [7, 11) is 0. The monoisotopic (exact) mass is 353 g/mol. The summed E-state index contributed by atoms with van der Waals surface area (Å²) in [4.78, 5) is 0. The van der Waals surface area contributed by atoms with Crippen LogP contribution in [0, 0.1) is 0 Å². The molecule has 2 aliphatic rings. The van der Waals surface area contributed by atoms with Gasteiger partial charge < -0.3 is 15.2 Å². The number of fused-ring (bicyclic) bond motifs is 1. The summed E-state index contributed by atoms with van der Waals surface area (Å²) in [5.74, 6) is 2.19. The first kappa shape index (κ1) is 15.2. The smallest absolute Gasteiger partial charge is 0.165 e. The van der Waals surface area contributed by atoms with Crippen molar-refractivity contribution < 1.29 is 9.47 Å². The van der Waals surface area contributed by atoms with Gasteiger partial charge in [0.25, 0.3) is 0 Å². The lowest BCUT2D eigenvalue weighted by atomic mass is 9.74. The molecule has 4 heteroatoms. The van der Waals surface area contributed by atoms with Crippen molar-refractivity contribution in [3.8, 4) is 11.5 Å². The maximum Gasteiger partial charge on any atom is 0.165 e. The molecule has 1 aliphatic carbocycles. The van der Waals surface area contributed by atoms with E-state index in [0.29, 0.717) is 25.7 Å². The summed E-state index contributed by atoms with van der Waals surface area (Å²) in [6, 6.07) is 2.07. The molecule has 0 aromatic heterocycles. The third kappa shape index (κ3) is 2.46. The fraction of sp³-hybridized carbons (Fsp3) is 0.647. The van der Waals surface area contributed by atoms with E-state index in [1.165, 1.54) is 36.8 Å². The number of hydrogen-bond donors (Lipinski definition) is 1. The predicted octanol–water partition coefficient (Wildman–Crippen LogP) is 4.11. The van der Waals surface area contributed by atoms with Crippen LogP contribution in [0.5, 0.6) is 11.5 Å². The van der Waals surface area contributed by atoms with Crippen LogP contribution in [0.4, 0.5) is 0 Å². The van der Waals surface area contributed by atoms with Crippen molar-refractivity contribution in [1.82, 2.24) is 0 Å². The van der Waals surface area contributed by atoms with Crippen LogP contribution in [0.25, 0.3) is 0 Å². The van der Waals surface area contributed by atoms with Crippen LogP contribution < -0.4 is 15.2 Å². The molecule has 21 heavy (non-hydrogen) atoms. The van der Waals surface area contributed by atoms with Gasteiger partial charge in [-0.2, -0.15) is 0 Å². The van der Waals surface area contributed by atoms with Crippen molar-refractivity contribution in [3.05, 3.63) is 21.7 Å². The largest absolute Gasteiger partial charge is 0.486 e. The summed E-state index contributed by atoms with van der Waals surface area (Å²) in [5.41, 5.74) is 8.96. The van der Waals surface area contributed by atoms with E-state index in [1.54, 1.807) is 0 Å². The number of rotatable bonds is 3. The zero-order chi connectivity index (χ0) is 15.0. The van der Waals surface area contributed by atoms with E-state index in [2.05, 4.69) is 35.8 Å². The standard InChI is InChI=1S/C17H24BrNO2/c1-11(2)14-15(17(10-19)5-3-4-6-17)12(18)9-13-16(14)21-8-7-20-13/h9,11H,3-8,10,19H2,1-2H3. The summed E-state index contributed by atoms with van der Waals surface area (Å²) >= 11 is 3.79. The second-order valence-corrected chi connectivity index (χ2v) is 7.37. The van der Waals surface area contributed by atoms with Crippen LogP contribution in [0.2, 0.25) is 0 Å². The molecule has 3 nitrogen and oxygen atoms in total. The molecule has 116 valence electrons. The summed E-state index contributed by atoms with van der Waals surface area (Å²) < 4.78 is 12.9. The molecule has 0 saturated heterocycles. The molecule has 1 aromatic carbocycles. The minimum absolute atomic E-state index is 0.0915. The van der Waals surface area contributed by atoms with Gasteiger partial charge in [-0.05, 0) is 30.4 Å². The zero-order valence-electron chi connectivity index (χ0n) is 12.9. The first-order chi connectivity index (χ1) is 10.1. The minimum Gasteiger partial charge on any atom is -0.486 e. The third-order valence-electron chi connectivity index (χ3n) is 4.88. The molecule has 0 atom stereocenters. The second-order valence-electron chi connectivity index (χ2n) is 6.52. The molecular formula is C17H24BrNO2. The quantitative estimate of drug-likeness (QED) is 0.888. The Balaban J connectivity index is 2.23. The lowest BCUT2D eigenvalue weighted by Gasteiger charge is -2.35. The number of ether oxygens (including phenoxy) is 2. The van der Waals surface area contributed by atoms with E-state index in [0.717, 1.165) is 16.0 Å². The number of benzene rings is 1. The van der Waals surface area contributed by atoms with Crippen LogP contribution >= 0.6 is 15.9 Å². The number of halogens is 1. The fourth-order valence-corrected chi connectivity index (χ4v) is 4.72. The van der Waals surface area contributed by atoms with Crippen LogP contribution in [0.1, 0.15) is 56.6 Å². The molecule has 1 fully saturated rings. The van der Waals surface area contributed by atoms with E-state index in [1.807, 2.05) is 0 Å². The van der Waals surface area contributed by atoms with Gasteiger partial charge in [0.15, 0.2) is 11.5 Å². The van der Waals surface area contributed by atoms with Crippen molar-refractivity contribution in [2.24, 2.45) is 5.73 Å². The maximum absolute atomic E-state index is 6.22. The van der Waals surface area contributed by atoms with Gasteiger partial charge in [-0.15, -0.1) is 0 Å². The highest BCUT2D eigenvalue weighted by molar-refractivity contribution is 9.10. The van der Waals surface area contributed by atoms with Gasteiger partial charge in [0.2, 0.25) is 0 Å². The van der Waals surface area contributed by atoms with Gasteiger partial charge in [0, 0.05) is 22.0 Å². The number of nitrogens with two attached hydrogens (primary N) is 1. The van der Waals surface area contributed by atoms with Crippen LogP contribution in [-0.4, -0.2) is 19.8 Å². The topological polar surface area (TPSA) is 44.5 Å². The Hall–Kier alpha value is -0.740. The van der Waals surface area contributed by atoms with Crippen LogP contribution in [0.15, 0.2) is 10.5 Å². The minimum atomic E-state index is 0.0915. The van der Waals surface area contributed by atoms with Crippen molar-refractivity contribution in [2.75, 3.05) is 19.8 Å². The molecule has 3 rings (SSSR count). The molecule has 0 bridgehead atoms. The van der Waals surface area contributed by atoms with E-state index in [4.69, 9.17) is 15.2 Å². The second kappa shape index (κ2) is 5.81. The lowest BCUT2D eigenvalue weighted by Crippen LogP contribution is -2.34. The molecule has 1 heterocycles. The Morgan fingerprint density at radius 3 is 2.52 bits per heavy atom. The first-order valence-corrected chi connectivity index (χ1v) is 8.71. The van der Waals surface area contributed by atoms with Gasteiger partial charge in [0.1, 0.15) is 13.2 Å². The average molecular weight is 354 g/mol. The molecule has 0 radical (unpaired) electrons.